The summed E-state index contributed by atoms with van der Waals surface area (Å²) in [6, 6.07) is 9.62. The highest BCUT2D eigenvalue weighted by Gasteiger charge is 2.64. The second-order valence-electron chi connectivity index (χ2n) is 14.3. The van der Waals surface area contributed by atoms with Gasteiger partial charge in [0.25, 0.3) is 5.91 Å². The second-order valence-corrected chi connectivity index (χ2v) is 14.7. The molecule has 3 N–H and O–H groups in total. The molecule has 0 bridgehead atoms. The molecule has 19 heteroatoms. The van der Waals surface area contributed by atoms with E-state index in [1.807, 2.05) is 16.2 Å². The van der Waals surface area contributed by atoms with E-state index >= 15 is 4.39 Å². The number of amides is 2. The summed E-state index contributed by atoms with van der Waals surface area (Å²) < 4.78 is 91.7. The maximum Gasteiger partial charge on any atom is 0.411 e. The van der Waals surface area contributed by atoms with Crippen LogP contribution in [-0.2, 0) is 15.1 Å². The van der Waals surface area contributed by atoms with Gasteiger partial charge in [-0.2, -0.15) is 36.8 Å². The van der Waals surface area contributed by atoms with E-state index in [0.717, 1.165) is 35.2 Å². The van der Waals surface area contributed by atoms with Gasteiger partial charge in [-0.1, -0.05) is 41.9 Å². The highest BCUT2D eigenvalue weighted by molar-refractivity contribution is 6.33. The molecule has 2 amide bonds. The molecule has 54 heavy (non-hydrogen) atoms. The van der Waals surface area contributed by atoms with Crippen LogP contribution in [0.15, 0.2) is 66.2 Å². The van der Waals surface area contributed by atoms with Crippen LogP contribution in [0.5, 0.6) is 0 Å². The Morgan fingerprint density at radius 1 is 1.07 bits per heavy atom. The molecule has 0 saturated heterocycles. The number of ether oxygens (including phenoxy) is 1. The largest absolute Gasteiger partial charge is 0.447 e. The highest BCUT2D eigenvalue weighted by atomic mass is 35.5. The van der Waals surface area contributed by atoms with Crippen molar-refractivity contribution in [3.63, 3.8) is 0 Å². The number of nitrogens with zero attached hydrogens (tertiary/aromatic N) is 7. The number of guanidine groups is 1. The van der Waals surface area contributed by atoms with Crippen molar-refractivity contribution >= 4 is 29.6 Å². The zero-order valence-corrected chi connectivity index (χ0v) is 29.6. The van der Waals surface area contributed by atoms with Crippen molar-refractivity contribution in [2.75, 3.05) is 6.61 Å². The molecule has 12 nitrogen and oxygen atoms in total. The highest BCUT2D eigenvalue weighted by Crippen LogP contribution is 2.49. The lowest BCUT2D eigenvalue weighted by Gasteiger charge is -2.33. The fourth-order valence-electron chi connectivity index (χ4n) is 6.70. The Bertz CT molecular complexity index is 2110. The Hall–Kier alpha value is -5.13. The summed E-state index contributed by atoms with van der Waals surface area (Å²) in [6.45, 7) is -1.37. The Kier molecular flexibility index (Phi) is 9.17. The van der Waals surface area contributed by atoms with Gasteiger partial charge in [-0.15, -0.1) is 0 Å². The van der Waals surface area contributed by atoms with Gasteiger partial charge in [0.2, 0.25) is 0 Å². The quantitative estimate of drug-likeness (QED) is 0.144. The summed E-state index contributed by atoms with van der Waals surface area (Å²) in [5.74, 6) is -1.61. The normalized spacial score (nSPS) is 20.3. The number of rotatable bonds is 12. The van der Waals surface area contributed by atoms with Crippen LogP contribution in [-0.4, -0.2) is 71.4 Å². The molecule has 2 fully saturated rings. The molecule has 3 aliphatic rings. The SMILES string of the molecule is CC(C)(F)C[C@]1(c2ccc(-c3cnn(C4CC4)c3)cc2)N=C(N)N([C@H](COC(=O)NC2(C(F)(F)F)CC2)c2ccc(Cl)c(-c3ncnn3C(F)F)c2)C1=O. The van der Waals surface area contributed by atoms with E-state index in [4.69, 9.17) is 22.1 Å². The molecule has 0 radical (unpaired) electrons. The number of carbonyl (C=O) groups is 2. The standard InChI is InChI=1S/C35H34ClF6N9O3/c1-32(2,39)17-34(22-6-3-19(4-7-22)21-14-45-49(15-21)23-8-9-23)28(52)50(30(43)47-34)26(16-54-31(53)48-33(11-12-33)35(40,41)42)20-5-10-25(36)24(13-20)27-44-18-46-51(27)29(37)38/h3-7,10,13-15,18,23,26,29H,8-9,11-12,16-17H2,1-2H3,(H2,43,47)(H,48,53)/t26-,34-/m1/s1. The molecular weight excluding hydrogens is 744 g/mol. The van der Waals surface area contributed by atoms with Crippen molar-refractivity contribution in [2.45, 2.75) is 87.5 Å². The van der Waals surface area contributed by atoms with Gasteiger partial charge in [0.1, 0.15) is 24.1 Å². The van der Waals surface area contributed by atoms with Crippen LogP contribution < -0.4 is 11.1 Å². The lowest BCUT2D eigenvalue weighted by Crippen LogP contribution is -2.50. The number of nitrogens with two attached hydrogens (primary N) is 1. The number of benzene rings is 2. The first-order chi connectivity index (χ1) is 25.4. The fraction of sp³-hybridized carbons (Fsp3) is 0.429. The summed E-state index contributed by atoms with van der Waals surface area (Å²) in [4.78, 5) is 37.0. The summed E-state index contributed by atoms with van der Waals surface area (Å²) in [7, 11) is 0. The van der Waals surface area contributed by atoms with Crippen LogP contribution in [0.2, 0.25) is 5.02 Å². The van der Waals surface area contributed by atoms with Gasteiger partial charge >= 0.3 is 18.8 Å². The van der Waals surface area contributed by atoms with Crippen LogP contribution >= 0.6 is 11.6 Å². The molecule has 2 atom stereocenters. The smallest absolute Gasteiger partial charge is 0.411 e. The topological polar surface area (TPSA) is 146 Å². The first-order valence-corrected chi connectivity index (χ1v) is 17.3. The van der Waals surface area contributed by atoms with E-state index in [0.29, 0.717) is 10.7 Å². The van der Waals surface area contributed by atoms with Crippen LogP contribution in [0, 0.1) is 0 Å². The monoisotopic (exact) mass is 777 g/mol. The molecule has 3 heterocycles. The van der Waals surface area contributed by atoms with Crippen molar-refractivity contribution < 1.29 is 40.7 Å². The molecule has 2 saturated carbocycles. The minimum absolute atomic E-state index is 0.0439. The van der Waals surface area contributed by atoms with E-state index in [2.05, 4.69) is 20.2 Å². The van der Waals surface area contributed by atoms with E-state index in [1.54, 1.807) is 30.5 Å². The fourth-order valence-corrected chi connectivity index (χ4v) is 6.90. The van der Waals surface area contributed by atoms with Gasteiger partial charge in [-0.05, 0) is 68.4 Å². The van der Waals surface area contributed by atoms with E-state index in [-0.39, 0.29) is 40.4 Å². The lowest BCUT2D eigenvalue weighted by molar-refractivity contribution is -0.164. The van der Waals surface area contributed by atoms with Crippen molar-refractivity contribution in [2.24, 2.45) is 10.7 Å². The Morgan fingerprint density at radius 2 is 1.78 bits per heavy atom. The van der Waals surface area contributed by atoms with Crippen molar-refractivity contribution in [3.8, 4) is 22.5 Å². The molecule has 2 aromatic heterocycles. The number of alkyl carbamates (subject to hydrolysis) is 1. The van der Waals surface area contributed by atoms with Crippen LogP contribution in [0.1, 0.15) is 75.7 Å². The number of alkyl halides is 6. The van der Waals surface area contributed by atoms with Gasteiger partial charge in [-0.3, -0.25) is 14.4 Å². The van der Waals surface area contributed by atoms with Gasteiger partial charge in [0, 0.05) is 23.7 Å². The average Bonchev–Trinajstić information content (AvgIpc) is 3.97. The van der Waals surface area contributed by atoms with Crippen LogP contribution in [0.25, 0.3) is 22.5 Å². The maximum atomic E-state index is 15.7. The molecule has 7 rings (SSSR count). The Balaban J connectivity index is 1.26. The third-order valence-corrected chi connectivity index (χ3v) is 10.0. The first kappa shape index (κ1) is 37.2. The van der Waals surface area contributed by atoms with Crippen molar-refractivity contribution in [3.05, 3.63) is 77.3 Å². The maximum absolute atomic E-state index is 15.7. The number of aromatic nitrogens is 5. The molecule has 286 valence electrons. The number of nitrogens with one attached hydrogen (secondary N) is 1. The molecule has 0 spiro atoms. The first-order valence-electron chi connectivity index (χ1n) is 16.9. The molecular formula is C35H34ClF6N9O3. The van der Waals surface area contributed by atoms with E-state index < -0.39 is 66.5 Å². The van der Waals surface area contributed by atoms with E-state index in [1.165, 1.54) is 32.0 Å². The molecule has 2 aliphatic carbocycles. The molecule has 1 aliphatic heterocycles. The second kappa shape index (κ2) is 13.3. The number of carbonyl (C=O) groups excluding carboxylic acids is 2. The summed E-state index contributed by atoms with van der Waals surface area (Å²) in [6.07, 6.45) is -0.768. The molecule has 4 aromatic rings. The Morgan fingerprint density at radius 3 is 2.39 bits per heavy atom. The zero-order valence-electron chi connectivity index (χ0n) is 28.8. The van der Waals surface area contributed by atoms with Crippen molar-refractivity contribution in [1.29, 1.82) is 0 Å². The number of halogens is 7. The van der Waals surface area contributed by atoms with Gasteiger partial charge in [0.15, 0.2) is 17.3 Å². The zero-order chi connectivity index (χ0) is 38.8. The van der Waals surface area contributed by atoms with Gasteiger partial charge in [0.05, 0.1) is 23.3 Å². The van der Waals surface area contributed by atoms with Crippen LogP contribution in [0.4, 0.5) is 31.1 Å². The minimum Gasteiger partial charge on any atom is -0.447 e. The number of hydrogen-bond donors (Lipinski definition) is 2. The van der Waals surface area contributed by atoms with Crippen molar-refractivity contribution in [1.82, 2.24) is 34.8 Å². The summed E-state index contributed by atoms with van der Waals surface area (Å²) in [5, 5.41) is 9.77. The lowest BCUT2D eigenvalue weighted by atomic mass is 9.80. The Labute approximate surface area is 309 Å². The van der Waals surface area contributed by atoms with E-state index in [9.17, 15) is 31.5 Å². The number of aliphatic imine (C=N–C) groups is 1. The molecule has 2 aromatic carbocycles. The predicted molar refractivity (Wildman–Crippen MR) is 183 cm³/mol. The summed E-state index contributed by atoms with van der Waals surface area (Å²) >= 11 is 6.41. The third-order valence-electron chi connectivity index (χ3n) is 9.71. The molecule has 0 unspecified atom stereocenters. The third kappa shape index (κ3) is 6.98. The minimum atomic E-state index is -4.74. The predicted octanol–water partition coefficient (Wildman–Crippen LogP) is 7.24. The average molecular weight is 778 g/mol. The van der Waals surface area contributed by atoms with Gasteiger partial charge in [-0.25, -0.2) is 19.2 Å². The van der Waals surface area contributed by atoms with Crippen LogP contribution in [0.3, 0.4) is 0 Å². The van der Waals surface area contributed by atoms with Gasteiger partial charge < -0.3 is 15.8 Å². The summed E-state index contributed by atoms with van der Waals surface area (Å²) in [5.41, 5.74) is 1.98. The number of hydrogen-bond acceptors (Lipinski definition) is 8.